The normalized spacial score (nSPS) is 24.1. The zero-order valence-electron chi connectivity index (χ0n) is 10.6. The van der Waals surface area contributed by atoms with Crippen molar-refractivity contribution < 1.29 is 9.22 Å². The Morgan fingerprint density at radius 2 is 1.88 bits per heavy atom. The van der Waals surface area contributed by atoms with Gasteiger partial charge in [0.15, 0.2) is 0 Å². The van der Waals surface area contributed by atoms with E-state index in [1.54, 1.807) is 7.11 Å². The zero-order chi connectivity index (χ0) is 11.6. The van der Waals surface area contributed by atoms with Crippen LogP contribution in [-0.4, -0.2) is 38.8 Å². The van der Waals surface area contributed by atoms with Crippen LogP contribution in [0.1, 0.15) is 24.3 Å². The van der Waals surface area contributed by atoms with Gasteiger partial charge < -0.3 is 9.22 Å². The fourth-order valence-electron chi connectivity index (χ4n) is 2.69. The average Bonchev–Trinajstić information content (AvgIpc) is 2.28. The molecule has 0 aromatic heterocycles. The molecule has 1 atom stereocenters. The van der Waals surface area contributed by atoms with Crippen LogP contribution in [0.15, 0.2) is 24.3 Å². The molecule has 2 nitrogen and oxygen atoms in total. The van der Waals surface area contributed by atoms with E-state index in [1.165, 1.54) is 31.5 Å². The van der Waals surface area contributed by atoms with E-state index in [9.17, 15) is 0 Å². The van der Waals surface area contributed by atoms with Crippen molar-refractivity contribution in [1.29, 1.82) is 0 Å². The van der Waals surface area contributed by atoms with Gasteiger partial charge in [0.1, 0.15) is 5.75 Å². The standard InChI is InChI=1S/C14H22NO/c1-15(2)10-4-5-13(11-15)12-6-8-14(16-3)9-7-12/h6-9,13H,4-5,10-11H2,1-3H3/q+1. The molecule has 0 amide bonds. The quantitative estimate of drug-likeness (QED) is 0.696. The molecule has 1 aromatic carbocycles. The first-order valence-corrected chi connectivity index (χ1v) is 6.07. The Hall–Kier alpha value is -1.02. The lowest BCUT2D eigenvalue weighted by atomic mass is 9.90. The van der Waals surface area contributed by atoms with Crippen LogP contribution in [0.25, 0.3) is 0 Å². The van der Waals surface area contributed by atoms with Crippen LogP contribution in [0.3, 0.4) is 0 Å². The van der Waals surface area contributed by atoms with E-state index in [4.69, 9.17) is 4.74 Å². The maximum Gasteiger partial charge on any atom is 0.118 e. The lowest BCUT2D eigenvalue weighted by Crippen LogP contribution is -2.46. The number of likely N-dealkylation sites (tertiary alicyclic amines) is 1. The predicted octanol–water partition coefficient (Wildman–Crippen LogP) is 2.65. The van der Waals surface area contributed by atoms with E-state index in [2.05, 4.69) is 38.4 Å². The summed E-state index contributed by atoms with van der Waals surface area (Å²) in [4.78, 5) is 0. The Bertz CT molecular complexity index is 342. The highest BCUT2D eigenvalue weighted by molar-refractivity contribution is 5.29. The first-order chi connectivity index (χ1) is 7.61. The van der Waals surface area contributed by atoms with Crippen molar-refractivity contribution in [2.24, 2.45) is 0 Å². The number of ether oxygens (including phenoxy) is 1. The minimum Gasteiger partial charge on any atom is -0.497 e. The highest BCUT2D eigenvalue weighted by atomic mass is 16.5. The molecule has 16 heavy (non-hydrogen) atoms. The van der Waals surface area contributed by atoms with Crippen LogP contribution in [0, 0.1) is 0 Å². The van der Waals surface area contributed by atoms with Crippen LogP contribution in [-0.2, 0) is 0 Å². The highest BCUT2D eigenvalue weighted by Crippen LogP contribution is 2.29. The Labute approximate surface area is 98.4 Å². The zero-order valence-corrected chi connectivity index (χ0v) is 10.6. The Kier molecular flexibility index (Phi) is 3.20. The molecule has 0 radical (unpaired) electrons. The summed E-state index contributed by atoms with van der Waals surface area (Å²) in [5.74, 6) is 1.67. The third kappa shape index (κ3) is 2.56. The predicted molar refractivity (Wildman–Crippen MR) is 66.8 cm³/mol. The lowest BCUT2D eigenvalue weighted by molar-refractivity contribution is -0.896. The number of rotatable bonds is 2. The van der Waals surface area contributed by atoms with Crippen molar-refractivity contribution in [1.82, 2.24) is 0 Å². The van der Waals surface area contributed by atoms with Gasteiger partial charge in [-0.05, 0) is 30.5 Å². The summed E-state index contributed by atoms with van der Waals surface area (Å²) in [5, 5.41) is 0. The largest absolute Gasteiger partial charge is 0.497 e. The van der Waals surface area contributed by atoms with Gasteiger partial charge in [0.2, 0.25) is 0 Å². The minimum absolute atomic E-state index is 0.717. The second-order valence-electron chi connectivity index (χ2n) is 5.45. The molecule has 0 bridgehead atoms. The van der Waals surface area contributed by atoms with Gasteiger partial charge in [-0.3, -0.25) is 0 Å². The van der Waals surface area contributed by atoms with Gasteiger partial charge >= 0.3 is 0 Å². The minimum atomic E-state index is 0.717. The molecule has 1 saturated heterocycles. The molecule has 0 aliphatic carbocycles. The molecule has 1 unspecified atom stereocenters. The molecular formula is C14H22NO+. The van der Waals surface area contributed by atoms with Crippen molar-refractivity contribution in [2.45, 2.75) is 18.8 Å². The second kappa shape index (κ2) is 4.46. The number of quaternary nitrogens is 1. The summed E-state index contributed by atoms with van der Waals surface area (Å²) in [5.41, 5.74) is 1.46. The van der Waals surface area contributed by atoms with Gasteiger partial charge in [-0.25, -0.2) is 0 Å². The molecule has 2 heteroatoms. The summed E-state index contributed by atoms with van der Waals surface area (Å²) in [6.07, 6.45) is 2.66. The third-order valence-corrected chi connectivity index (χ3v) is 3.62. The number of hydrogen-bond donors (Lipinski definition) is 0. The molecular weight excluding hydrogens is 198 g/mol. The topological polar surface area (TPSA) is 9.23 Å². The van der Waals surface area contributed by atoms with Crippen LogP contribution >= 0.6 is 0 Å². The maximum absolute atomic E-state index is 5.19. The van der Waals surface area contributed by atoms with Gasteiger partial charge in [0, 0.05) is 5.92 Å². The second-order valence-corrected chi connectivity index (χ2v) is 5.45. The van der Waals surface area contributed by atoms with Crippen LogP contribution in [0.4, 0.5) is 0 Å². The van der Waals surface area contributed by atoms with Gasteiger partial charge in [-0.15, -0.1) is 0 Å². The summed E-state index contributed by atoms with van der Waals surface area (Å²) in [6, 6.07) is 8.58. The van der Waals surface area contributed by atoms with Gasteiger partial charge in [-0.1, -0.05) is 12.1 Å². The van der Waals surface area contributed by atoms with Crippen LogP contribution in [0.2, 0.25) is 0 Å². The van der Waals surface area contributed by atoms with E-state index in [1.807, 2.05) is 0 Å². The number of methoxy groups -OCH3 is 1. The van der Waals surface area contributed by atoms with Gasteiger partial charge in [0.05, 0.1) is 34.3 Å². The Balaban J connectivity index is 2.11. The first kappa shape index (κ1) is 11.5. The smallest absolute Gasteiger partial charge is 0.118 e. The molecule has 1 aromatic rings. The fourth-order valence-corrected chi connectivity index (χ4v) is 2.69. The molecule has 0 saturated carbocycles. The van der Waals surface area contributed by atoms with Gasteiger partial charge in [0.25, 0.3) is 0 Å². The third-order valence-electron chi connectivity index (χ3n) is 3.62. The van der Waals surface area contributed by atoms with Crippen molar-refractivity contribution >= 4 is 0 Å². The summed E-state index contributed by atoms with van der Waals surface area (Å²) < 4.78 is 6.34. The number of likely N-dealkylation sites (N-methyl/N-ethyl adjacent to an activating group) is 1. The fraction of sp³-hybridized carbons (Fsp3) is 0.571. The Morgan fingerprint density at radius 3 is 2.44 bits per heavy atom. The molecule has 1 fully saturated rings. The van der Waals surface area contributed by atoms with Gasteiger partial charge in [-0.2, -0.15) is 0 Å². The van der Waals surface area contributed by atoms with Crippen molar-refractivity contribution in [3.05, 3.63) is 29.8 Å². The number of benzene rings is 1. The first-order valence-electron chi connectivity index (χ1n) is 6.07. The maximum atomic E-state index is 5.19. The van der Waals surface area contributed by atoms with E-state index in [0.717, 1.165) is 16.2 Å². The summed E-state index contributed by atoms with van der Waals surface area (Å²) in [6.45, 7) is 2.57. The monoisotopic (exact) mass is 220 g/mol. The van der Waals surface area contributed by atoms with Crippen molar-refractivity contribution in [3.8, 4) is 5.75 Å². The number of piperidine rings is 1. The molecule has 1 heterocycles. The van der Waals surface area contributed by atoms with E-state index in [-0.39, 0.29) is 0 Å². The molecule has 2 rings (SSSR count). The number of nitrogens with zero attached hydrogens (tertiary/aromatic N) is 1. The van der Waals surface area contributed by atoms with E-state index in [0.29, 0.717) is 0 Å². The SMILES string of the molecule is COc1ccc(C2CCC[N+](C)(C)C2)cc1. The highest BCUT2D eigenvalue weighted by Gasteiger charge is 2.28. The Morgan fingerprint density at radius 1 is 1.19 bits per heavy atom. The summed E-state index contributed by atoms with van der Waals surface area (Å²) >= 11 is 0. The molecule has 88 valence electrons. The van der Waals surface area contributed by atoms with Crippen LogP contribution in [0.5, 0.6) is 5.75 Å². The molecule has 1 aliphatic rings. The summed E-state index contributed by atoms with van der Waals surface area (Å²) in [7, 11) is 6.38. The van der Waals surface area contributed by atoms with E-state index >= 15 is 0 Å². The molecule has 1 aliphatic heterocycles. The average molecular weight is 220 g/mol. The number of hydrogen-bond acceptors (Lipinski definition) is 1. The molecule has 0 spiro atoms. The molecule has 0 N–H and O–H groups in total. The van der Waals surface area contributed by atoms with E-state index < -0.39 is 0 Å². The van der Waals surface area contributed by atoms with Crippen LogP contribution < -0.4 is 4.74 Å². The van der Waals surface area contributed by atoms with Crippen molar-refractivity contribution in [2.75, 3.05) is 34.3 Å². The van der Waals surface area contributed by atoms with Crippen molar-refractivity contribution in [3.63, 3.8) is 0 Å². The lowest BCUT2D eigenvalue weighted by Gasteiger charge is -2.38.